The predicted octanol–water partition coefficient (Wildman–Crippen LogP) is 4.40. The van der Waals surface area contributed by atoms with Crippen LogP contribution in [0.4, 0.5) is 18.9 Å². The molecular weight excluding hydrogens is 303 g/mol. The van der Waals surface area contributed by atoms with Gasteiger partial charge in [-0.1, -0.05) is 19.9 Å². The molecule has 0 radical (unpaired) electrons. The lowest BCUT2D eigenvalue weighted by Crippen LogP contribution is -2.34. The molecule has 0 saturated heterocycles. The van der Waals surface area contributed by atoms with Gasteiger partial charge in [0.15, 0.2) is 0 Å². The van der Waals surface area contributed by atoms with Crippen molar-refractivity contribution in [3.8, 4) is 0 Å². The van der Waals surface area contributed by atoms with Crippen LogP contribution in [0.25, 0.3) is 10.9 Å². The van der Waals surface area contributed by atoms with Crippen molar-refractivity contribution in [3.05, 3.63) is 36.0 Å². The molecule has 6 heteroatoms. The van der Waals surface area contributed by atoms with Gasteiger partial charge in [-0.2, -0.15) is 13.2 Å². The summed E-state index contributed by atoms with van der Waals surface area (Å²) in [6, 6.07) is 5.66. The van der Waals surface area contributed by atoms with Crippen molar-refractivity contribution in [2.45, 2.75) is 33.0 Å². The average Bonchev–Trinajstić information content (AvgIpc) is 2.51. The highest BCUT2D eigenvalue weighted by molar-refractivity contribution is 5.91. The Morgan fingerprint density at radius 1 is 1.17 bits per heavy atom. The maximum atomic E-state index is 12.8. The van der Waals surface area contributed by atoms with E-state index < -0.39 is 11.7 Å². The quantitative estimate of drug-likeness (QED) is 0.853. The third kappa shape index (κ3) is 4.34. The van der Waals surface area contributed by atoms with Gasteiger partial charge < -0.3 is 10.2 Å². The molecule has 1 unspecified atom stereocenters. The van der Waals surface area contributed by atoms with E-state index in [4.69, 9.17) is 0 Å². The smallest absolute Gasteiger partial charge is 0.381 e. The van der Waals surface area contributed by atoms with Gasteiger partial charge in [-0.3, -0.25) is 4.98 Å². The van der Waals surface area contributed by atoms with E-state index in [1.165, 1.54) is 12.3 Å². The van der Waals surface area contributed by atoms with Gasteiger partial charge in [0.25, 0.3) is 0 Å². The first kappa shape index (κ1) is 17.5. The monoisotopic (exact) mass is 325 g/mol. The van der Waals surface area contributed by atoms with E-state index in [1.807, 2.05) is 0 Å². The van der Waals surface area contributed by atoms with Gasteiger partial charge in [-0.05, 0) is 38.2 Å². The number of rotatable bonds is 6. The van der Waals surface area contributed by atoms with Gasteiger partial charge in [0, 0.05) is 29.9 Å². The zero-order valence-corrected chi connectivity index (χ0v) is 13.6. The van der Waals surface area contributed by atoms with Gasteiger partial charge >= 0.3 is 6.18 Å². The van der Waals surface area contributed by atoms with Crippen LogP contribution in [0.5, 0.6) is 0 Å². The molecule has 1 heterocycles. The first-order chi connectivity index (χ1) is 10.8. The number of benzene rings is 1. The second-order valence-electron chi connectivity index (χ2n) is 5.62. The molecule has 0 amide bonds. The number of hydrogen-bond donors (Lipinski definition) is 1. The highest BCUT2D eigenvalue weighted by Gasteiger charge is 2.30. The minimum absolute atomic E-state index is 0.183. The third-order valence-corrected chi connectivity index (χ3v) is 3.90. The van der Waals surface area contributed by atoms with E-state index in [0.717, 1.165) is 37.5 Å². The zero-order chi connectivity index (χ0) is 17.0. The van der Waals surface area contributed by atoms with E-state index in [-0.39, 0.29) is 6.04 Å². The van der Waals surface area contributed by atoms with E-state index in [1.54, 1.807) is 6.07 Å². The minimum Gasteiger partial charge on any atom is -0.381 e. The summed E-state index contributed by atoms with van der Waals surface area (Å²) >= 11 is 0. The molecule has 23 heavy (non-hydrogen) atoms. The highest BCUT2D eigenvalue weighted by Crippen LogP contribution is 2.32. The number of alkyl halides is 3. The number of aromatic nitrogens is 1. The van der Waals surface area contributed by atoms with Gasteiger partial charge in [-0.15, -0.1) is 0 Å². The molecule has 2 aromatic rings. The first-order valence-corrected chi connectivity index (χ1v) is 7.80. The van der Waals surface area contributed by atoms with Crippen LogP contribution >= 0.6 is 0 Å². The lowest BCUT2D eigenvalue weighted by atomic mass is 10.1. The largest absolute Gasteiger partial charge is 0.416 e. The molecule has 0 aliphatic rings. The van der Waals surface area contributed by atoms with Crippen molar-refractivity contribution < 1.29 is 13.2 Å². The summed E-state index contributed by atoms with van der Waals surface area (Å²) in [5, 5.41) is 4.08. The average molecular weight is 325 g/mol. The van der Waals surface area contributed by atoms with E-state index in [9.17, 15) is 13.2 Å². The van der Waals surface area contributed by atoms with Crippen LogP contribution in [0.3, 0.4) is 0 Å². The fourth-order valence-corrected chi connectivity index (χ4v) is 2.63. The number of nitrogens with zero attached hydrogens (tertiary/aromatic N) is 2. The number of nitrogens with one attached hydrogen (secondary N) is 1. The predicted molar refractivity (Wildman–Crippen MR) is 87.6 cm³/mol. The lowest BCUT2D eigenvalue weighted by Gasteiger charge is -2.24. The van der Waals surface area contributed by atoms with Gasteiger partial charge in [0.05, 0.1) is 11.1 Å². The van der Waals surface area contributed by atoms with Crippen LogP contribution in [0.2, 0.25) is 0 Å². The molecule has 0 fully saturated rings. The molecule has 0 bridgehead atoms. The summed E-state index contributed by atoms with van der Waals surface area (Å²) in [5.74, 6) is 0. The SMILES string of the molecule is CCN(CC)CC(C)Nc1ccnc2cc(C(F)(F)F)ccc12. The molecule has 1 atom stereocenters. The molecule has 1 aromatic heterocycles. The van der Waals surface area contributed by atoms with Crippen LogP contribution in [0, 0.1) is 0 Å². The second kappa shape index (κ2) is 7.17. The Hall–Kier alpha value is -1.82. The Labute approximate surface area is 134 Å². The molecule has 0 aliphatic carbocycles. The Morgan fingerprint density at radius 3 is 2.48 bits per heavy atom. The molecule has 2 rings (SSSR count). The Kier molecular flexibility index (Phi) is 5.46. The molecular formula is C17H22F3N3. The standard InChI is InChI=1S/C17H22F3N3/c1-4-23(5-2)11-12(3)22-15-8-9-21-16-10-13(17(18,19)20)6-7-14(15)16/h6-10,12H,4-5,11H2,1-3H3,(H,21,22). The van der Waals surface area contributed by atoms with Gasteiger partial charge in [-0.25, -0.2) is 0 Å². The topological polar surface area (TPSA) is 28.2 Å². The number of anilines is 1. The fourth-order valence-electron chi connectivity index (χ4n) is 2.63. The van der Waals surface area contributed by atoms with E-state index in [2.05, 4.69) is 36.0 Å². The van der Waals surface area contributed by atoms with Crippen LogP contribution in [-0.4, -0.2) is 35.6 Å². The Morgan fingerprint density at radius 2 is 1.87 bits per heavy atom. The molecule has 1 N–H and O–H groups in total. The maximum absolute atomic E-state index is 12.8. The van der Waals surface area contributed by atoms with Crippen molar-refractivity contribution >= 4 is 16.6 Å². The second-order valence-corrected chi connectivity index (χ2v) is 5.62. The van der Waals surface area contributed by atoms with Gasteiger partial charge in [0.2, 0.25) is 0 Å². The Bertz CT molecular complexity index is 651. The highest BCUT2D eigenvalue weighted by atomic mass is 19.4. The fraction of sp³-hybridized carbons (Fsp3) is 0.471. The van der Waals surface area contributed by atoms with Crippen molar-refractivity contribution in [2.75, 3.05) is 25.0 Å². The molecule has 0 saturated carbocycles. The number of fused-ring (bicyclic) bond motifs is 1. The summed E-state index contributed by atoms with van der Waals surface area (Å²) in [7, 11) is 0. The molecule has 3 nitrogen and oxygen atoms in total. The van der Waals surface area contributed by atoms with E-state index >= 15 is 0 Å². The number of halogens is 3. The summed E-state index contributed by atoms with van der Waals surface area (Å²) in [4.78, 5) is 6.36. The van der Waals surface area contributed by atoms with Crippen molar-refractivity contribution in [1.82, 2.24) is 9.88 Å². The summed E-state index contributed by atoms with van der Waals surface area (Å²) in [6.45, 7) is 9.09. The number of likely N-dealkylation sites (N-methyl/N-ethyl adjacent to an activating group) is 1. The van der Waals surface area contributed by atoms with Crippen molar-refractivity contribution in [2.24, 2.45) is 0 Å². The van der Waals surface area contributed by atoms with Crippen LogP contribution in [0.15, 0.2) is 30.5 Å². The number of hydrogen-bond acceptors (Lipinski definition) is 3. The maximum Gasteiger partial charge on any atom is 0.416 e. The normalized spacial score (nSPS) is 13.5. The summed E-state index contributed by atoms with van der Waals surface area (Å²) in [6.07, 6.45) is -2.82. The third-order valence-electron chi connectivity index (χ3n) is 3.90. The van der Waals surface area contributed by atoms with Crippen molar-refractivity contribution in [3.63, 3.8) is 0 Å². The molecule has 126 valence electrons. The number of pyridine rings is 1. The first-order valence-electron chi connectivity index (χ1n) is 7.80. The summed E-state index contributed by atoms with van der Waals surface area (Å²) < 4.78 is 38.4. The molecule has 0 aliphatic heterocycles. The minimum atomic E-state index is -4.35. The molecule has 1 aromatic carbocycles. The van der Waals surface area contributed by atoms with Crippen LogP contribution in [0.1, 0.15) is 26.3 Å². The summed E-state index contributed by atoms with van der Waals surface area (Å²) in [5.41, 5.74) is 0.481. The van der Waals surface area contributed by atoms with Crippen LogP contribution in [-0.2, 0) is 6.18 Å². The van der Waals surface area contributed by atoms with Gasteiger partial charge in [0.1, 0.15) is 0 Å². The molecule has 0 spiro atoms. The lowest BCUT2D eigenvalue weighted by molar-refractivity contribution is -0.137. The van der Waals surface area contributed by atoms with Crippen molar-refractivity contribution in [1.29, 1.82) is 0 Å². The Balaban J connectivity index is 2.24. The van der Waals surface area contributed by atoms with Crippen LogP contribution < -0.4 is 5.32 Å². The van der Waals surface area contributed by atoms with E-state index in [0.29, 0.717) is 10.9 Å². The zero-order valence-electron chi connectivity index (χ0n) is 13.6.